The summed E-state index contributed by atoms with van der Waals surface area (Å²) in [6.07, 6.45) is 1.78. The number of nitrogens with one attached hydrogen (secondary N) is 2. The molecule has 11 heteroatoms. The van der Waals surface area contributed by atoms with Crippen molar-refractivity contribution in [3.8, 4) is 5.75 Å². The summed E-state index contributed by atoms with van der Waals surface area (Å²) >= 11 is 12.4. The standard InChI is InChI=1S/C34H35Cl2N5O4/c1-2-45-25-12-9-21(10-13-25)16-27(26-4-3-15-39-31(26)32(38)42)33(43)41-30(18-24-11-14-28(35)29(36)17-24)34(44)40-20-23-7-5-22(19-37)6-8-23/h3-15,17,27,30H,2,16,18-20,37H2,1H3,(H2,38,42)(H,40,44)(H,41,43)/t27-,30+/m1/s1. The molecule has 2 atom stereocenters. The Morgan fingerprint density at radius 2 is 1.51 bits per heavy atom. The summed E-state index contributed by atoms with van der Waals surface area (Å²) < 4.78 is 5.55. The Balaban J connectivity index is 1.63. The molecule has 3 amide bonds. The third-order valence-corrected chi connectivity index (χ3v) is 7.96. The van der Waals surface area contributed by atoms with E-state index in [0.29, 0.717) is 40.1 Å². The van der Waals surface area contributed by atoms with Gasteiger partial charge in [-0.1, -0.05) is 71.7 Å². The first-order valence-corrected chi connectivity index (χ1v) is 15.2. The molecule has 0 aliphatic rings. The van der Waals surface area contributed by atoms with Crippen molar-refractivity contribution in [3.63, 3.8) is 0 Å². The monoisotopic (exact) mass is 647 g/mol. The van der Waals surface area contributed by atoms with Crippen LogP contribution in [0.5, 0.6) is 5.75 Å². The van der Waals surface area contributed by atoms with Gasteiger partial charge in [0.15, 0.2) is 0 Å². The van der Waals surface area contributed by atoms with Crippen LogP contribution in [0.15, 0.2) is 85.1 Å². The molecule has 0 bridgehead atoms. The van der Waals surface area contributed by atoms with E-state index in [1.165, 1.54) is 6.20 Å². The van der Waals surface area contributed by atoms with Crippen LogP contribution < -0.4 is 26.8 Å². The maximum atomic E-state index is 14.1. The smallest absolute Gasteiger partial charge is 0.267 e. The molecule has 0 fully saturated rings. The number of nitrogens with zero attached hydrogens (tertiary/aromatic N) is 1. The van der Waals surface area contributed by atoms with E-state index in [9.17, 15) is 14.4 Å². The second-order valence-electron chi connectivity index (χ2n) is 10.4. The summed E-state index contributed by atoms with van der Waals surface area (Å²) in [5.74, 6) is -1.85. The van der Waals surface area contributed by atoms with Crippen LogP contribution in [0.4, 0.5) is 0 Å². The Kier molecular flexibility index (Phi) is 11.9. The largest absolute Gasteiger partial charge is 0.494 e. The van der Waals surface area contributed by atoms with E-state index >= 15 is 0 Å². The van der Waals surface area contributed by atoms with E-state index in [1.807, 2.05) is 55.5 Å². The van der Waals surface area contributed by atoms with E-state index in [-0.39, 0.29) is 25.1 Å². The summed E-state index contributed by atoms with van der Waals surface area (Å²) in [5, 5.41) is 6.54. The molecule has 0 unspecified atom stereocenters. The summed E-state index contributed by atoms with van der Waals surface area (Å²) in [5.41, 5.74) is 15.0. The van der Waals surface area contributed by atoms with Crippen molar-refractivity contribution in [2.45, 2.75) is 44.8 Å². The summed E-state index contributed by atoms with van der Waals surface area (Å²) in [6, 6.07) is 22.2. The lowest BCUT2D eigenvalue weighted by Crippen LogP contribution is -2.49. The lowest BCUT2D eigenvalue weighted by Gasteiger charge is -2.24. The fourth-order valence-corrected chi connectivity index (χ4v) is 5.18. The lowest BCUT2D eigenvalue weighted by atomic mass is 9.89. The van der Waals surface area contributed by atoms with Gasteiger partial charge in [0.05, 0.1) is 22.6 Å². The first-order valence-electron chi connectivity index (χ1n) is 14.4. The first-order chi connectivity index (χ1) is 21.7. The second kappa shape index (κ2) is 16.0. The van der Waals surface area contributed by atoms with Crippen molar-refractivity contribution in [2.75, 3.05) is 6.61 Å². The highest BCUT2D eigenvalue weighted by atomic mass is 35.5. The quantitative estimate of drug-likeness (QED) is 0.156. The zero-order chi connectivity index (χ0) is 32.3. The molecule has 3 aromatic carbocycles. The van der Waals surface area contributed by atoms with E-state index < -0.39 is 29.7 Å². The number of rotatable bonds is 14. The Morgan fingerprint density at radius 1 is 0.844 bits per heavy atom. The minimum Gasteiger partial charge on any atom is -0.494 e. The normalized spacial score (nSPS) is 12.2. The van der Waals surface area contributed by atoms with Gasteiger partial charge in [-0.3, -0.25) is 19.4 Å². The zero-order valence-corrected chi connectivity index (χ0v) is 26.3. The van der Waals surface area contributed by atoms with Gasteiger partial charge in [-0.2, -0.15) is 0 Å². The molecule has 1 aromatic heterocycles. The minimum absolute atomic E-state index is 0.0185. The van der Waals surface area contributed by atoms with Gasteiger partial charge in [-0.15, -0.1) is 0 Å². The maximum absolute atomic E-state index is 14.1. The van der Waals surface area contributed by atoms with E-state index in [1.54, 1.807) is 30.3 Å². The third-order valence-electron chi connectivity index (χ3n) is 7.22. The van der Waals surface area contributed by atoms with E-state index in [2.05, 4.69) is 15.6 Å². The molecular formula is C34H35Cl2N5O4. The SMILES string of the molecule is CCOc1ccc(C[C@@H](C(=O)N[C@@H](Cc2ccc(Cl)c(Cl)c2)C(=O)NCc2ccc(CN)cc2)c2cccnc2C(N)=O)cc1. The maximum Gasteiger partial charge on any atom is 0.267 e. The van der Waals surface area contributed by atoms with Crippen LogP contribution in [0.1, 0.15) is 51.1 Å². The number of hydrogen-bond donors (Lipinski definition) is 4. The number of ether oxygens (including phenoxy) is 1. The van der Waals surface area contributed by atoms with Crippen molar-refractivity contribution in [2.24, 2.45) is 11.5 Å². The van der Waals surface area contributed by atoms with E-state index in [0.717, 1.165) is 16.7 Å². The van der Waals surface area contributed by atoms with Crippen LogP contribution >= 0.6 is 23.2 Å². The Labute approximate surface area is 272 Å². The molecule has 4 aromatic rings. The molecule has 6 N–H and O–H groups in total. The summed E-state index contributed by atoms with van der Waals surface area (Å²) in [6.45, 7) is 3.06. The van der Waals surface area contributed by atoms with Crippen molar-refractivity contribution in [3.05, 3.63) is 129 Å². The van der Waals surface area contributed by atoms with Crippen LogP contribution in [0, 0.1) is 0 Å². The number of nitrogens with two attached hydrogens (primary N) is 2. The molecule has 9 nitrogen and oxygen atoms in total. The van der Waals surface area contributed by atoms with Gasteiger partial charge in [-0.25, -0.2) is 0 Å². The molecule has 0 aliphatic heterocycles. The third kappa shape index (κ3) is 9.28. The topological polar surface area (TPSA) is 149 Å². The van der Waals surface area contributed by atoms with Crippen molar-refractivity contribution < 1.29 is 19.1 Å². The number of carbonyl (C=O) groups is 3. The number of carbonyl (C=O) groups excluding carboxylic acids is 3. The van der Waals surface area contributed by atoms with Gasteiger partial charge in [0.25, 0.3) is 5.91 Å². The predicted molar refractivity (Wildman–Crippen MR) is 175 cm³/mol. The second-order valence-corrected chi connectivity index (χ2v) is 11.2. The Hall–Kier alpha value is -4.44. The number of halogens is 2. The fourth-order valence-electron chi connectivity index (χ4n) is 4.86. The molecular weight excluding hydrogens is 613 g/mol. The highest BCUT2D eigenvalue weighted by Crippen LogP contribution is 2.26. The van der Waals surface area contributed by atoms with Gasteiger partial charge in [-0.05, 0) is 71.5 Å². The zero-order valence-electron chi connectivity index (χ0n) is 24.8. The number of amides is 3. The van der Waals surface area contributed by atoms with Crippen molar-refractivity contribution in [1.29, 1.82) is 0 Å². The minimum atomic E-state index is -0.991. The van der Waals surface area contributed by atoms with Gasteiger partial charge >= 0.3 is 0 Å². The molecule has 0 radical (unpaired) electrons. The van der Waals surface area contributed by atoms with Crippen LogP contribution in [-0.2, 0) is 35.5 Å². The molecule has 0 saturated heterocycles. The molecule has 4 rings (SSSR count). The summed E-state index contributed by atoms with van der Waals surface area (Å²) in [4.78, 5) is 44.2. The van der Waals surface area contributed by atoms with Gasteiger partial charge in [0.1, 0.15) is 17.5 Å². The Bertz CT molecular complexity index is 1630. The number of benzene rings is 3. The number of pyridine rings is 1. The number of primary amides is 1. The predicted octanol–water partition coefficient (Wildman–Crippen LogP) is 4.71. The van der Waals surface area contributed by atoms with Crippen molar-refractivity contribution >= 4 is 40.9 Å². The van der Waals surface area contributed by atoms with Gasteiger partial charge < -0.3 is 26.8 Å². The molecule has 1 heterocycles. The van der Waals surface area contributed by atoms with E-state index in [4.69, 9.17) is 39.4 Å². The average molecular weight is 649 g/mol. The Morgan fingerprint density at radius 3 is 2.16 bits per heavy atom. The van der Waals surface area contributed by atoms with Gasteiger partial charge in [0.2, 0.25) is 11.8 Å². The number of hydrogen-bond acceptors (Lipinski definition) is 6. The molecule has 234 valence electrons. The molecule has 0 saturated carbocycles. The summed E-state index contributed by atoms with van der Waals surface area (Å²) in [7, 11) is 0. The first kappa shape index (κ1) is 33.5. The fraction of sp³-hybridized carbons (Fsp3) is 0.235. The molecule has 0 aliphatic carbocycles. The highest BCUT2D eigenvalue weighted by Gasteiger charge is 2.30. The average Bonchev–Trinajstić information content (AvgIpc) is 3.05. The number of aromatic nitrogens is 1. The highest BCUT2D eigenvalue weighted by molar-refractivity contribution is 6.42. The molecule has 45 heavy (non-hydrogen) atoms. The van der Waals surface area contributed by atoms with Crippen LogP contribution in [0.25, 0.3) is 0 Å². The lowest BCUT2D eigenvalue weighted by molar-refractivity contribution is -0.129. The van der Waals surface area contributed by atoms with Crippen LogP contribution in [0.2, 0.25) is 10.0 Å². The van der Waals surface area contributed by atoms with Crippen LogP contribution in [0.3, 0.4) is 0 Å². The van der Waals surface area contributed by atoms with Gasteiger partial charge in [0, 0.05) is 25.7 Å². The van der Waals surface area contributed by atoms with Crippen molar-refractivity contribution in [1.82, 2.24) is 15.6 Å². The molecule has 0 spiro atoms. The van der Waals surface area contributed by atoms with Crippen LogP contribution in [-0.4, -0.2) is 35.4 Å².